The molecule has 3 rings (SSSR count). The summed E-state index contributed by atoms with van der Waals surface area (Å²) < 4.78 is 5.50. The monoisotopic (exact) mass is 429 g/mol. The summed E-state index contributed by atoms with van der Waals surface area (Å²) in [5, 5.41) is 3.36. The van der Waals surface area contributed by atoms with E-state index in [2.05, 4.69) is 5.32 Å². The van der Waals surface area contributed by atoms with Crippen molar-refractivity contribution in [1.82, 2.24) is 5.32 Å². The summed E-state index contributed by atoms with van der Waals surface area (Å²) >= 11 is 0. The number of rotatable bonds is 5. The van der Waals surface area contributed by atoms with Crippen molar-refractivity contribution in [3.63, 3.8) is 0 Å². The van der Waals surface area contributed by atoms with Crippen LogP contribution in [-0.4, -0.2) is 48.6 Å². The summed E-state index contributed by atoms with van der Waals surface area (Å²) in [6.45, 7) is 9.46. The quantitative estimate of drug-likeness (QED) is 0.723. The molecule has 0 radical (unpaired) electrons. The number of carbonyl (C=O) groups excluding carboxylic acids is 3. The Labute approximate surface area is 185 Å². The van der Waals surface area contributed by atoms with Crippen molar-refractivity contribution < 1.29 is 19.1 Å². The van der Waals surface area contributed by atoms with Gasteiger partial charge in [0.2, 0.25) is 11.8 Å². The summed E-state index contributed by atoms with van der Waals surface area (Å²) in [6.07, 6.45) is 5.76. The molecule has 1 saturated carbocycles. The zero-order chi connectivity index (χ0) is 22.8. The molecule has 1 aliphatic heterocycles. The summed E-state index contributed by atoms with van der Waals surface area (Å²) in [5.41, 5.74) is 0.966. The van der Waals surface area contributed by atoms with Crippen LogP contribution in [0.5, 0.6) is 0 Å². The van der Waals surface area contributed by atoms with Gasteiger partial charge in [-0.3, -0.25) is 14.5 Å². The predicted octanol–water partition coefficient (Wildman–Crippen LogP) is 3.65. The molecule has 0 aromatic heterocycles. The molecule has 7 nitrogen and oxygen atoms in total. The topological polar surface area (TPSA) is 79.0 Å². The third-order valence-corrected chi connectivity index (χ3v) is 5.69. The first-order chi connectivity index (χ1) is 14.6. The van der Waals surface area contributed by atoms with E-state index in [9.17, 15) is 14.4 Å². The van der Waals surface area contributed by atoms with Crippen molar-refractivity contribution in [3.8, 4) is 0 Å². The zero-order valence-electron chi connectivity index (χ0n) is 19.4. The van der Waals surface area contributed by atoms with Crippen LogP contribution in [0.25, 0.3) is 0 Å². The highest BCUT2D eigenvalue weighted by Crippen LogP contribution is 2.36. The number of hydrogen-bond acceptors (Lipinski definition) is 5. The third-order valence-electron chi connectivity index (χ3n) is 5.69. The van der Waals surface area contributed by atoms with Gasteiger partial charge in [-0.15, -0.1) is 0 Å². The first-order valence-electron chi connectivity index (χ1n) is 11.3. The largest absolute Gasteiger partial charge is 0.456 e. The molecule has 2 amide bonds. The molecule has 0 saturated heterocycles. The number of carbonyl (C=O) groups is 3. The van der Waals surface area contributed by atoms with Crippen LogP contribution >= 0.6 is 0 Å². The lowest BCUT2D eigenvalue weighted by atomic mass is 9.95. The fourth-order valence-corrected chi connectivity index (χ4v) is 4.26. The number of nitrogens with one attached hydrogen (secondary N) is 1. The van der Waals surface area contributed by atoms with Crippen LogP contribution in [0.3, 0.4) is 0 Å². The van der Waals surface area contributed by atoms with Gasteiger partial charge in [-0.1, -0.05) is 19.3 Å². The Morgan fingerprint density at radius 1 is 1.13 bits per heavy atom. The van der Waals surface area contributed by atoms with Gasteiger partial charge in [0.15, 0.2) is 0 Å². The molecular formula is C24H35N3O4. The van der Waals surface area contributed by atoms with Gasteiger partial charge < -0.3 is 15.0 Å². The van der Waals surface area contributed by atoms with Crippen LogP contribution in [-0.2, 0) is 14.3 Å². The van der Waals surface area contributed by atoms with E-state index in [1.54, 1.807) is 23.1 Å². The standard InChI is InChI=1S/C24H35N3O4/c1-16(2)27-19-12-11-17(23(30)31-24(3,4)5)13-20(19)26(15-22(27)29)21(28)14-25-18-9-7-6-8-10-18/h11-13,16,18,25H,6-10,14-15H2,1-5H3. The first-order valence-corrected chi connectivity index (χ1v) is 11.3. The van der Waals surface area contributed by atoms with Gasteiger partial charge >= 0.3 is 5.97 Å². The average Bonchev–Trinajstić information content (AvgIpc) is 2.70. The van der Waals surface area contributed by atoms with Gasteiger partial charge in [0.05, 0.1) is 23.5 Å². The number of anilines is 2. The lowest BCUT2D eigenvalue weighted by Crippen LogP contribution is -2.53. The molecule has 0 bridgehead atoms. The molecule has 170 valence electrons. The molecular weight excluding hydrogens is 394 g/mol. The minimum atomic E-state index is -0.619. The van der Waals surface area contributed by atoms with E-state index in [0.717, 1.165) is 12.8 Å². The lowest BCUT2D eigenvalue weighted by molar-refractivity contribution is -0.122. The third kappa shape index (κ3) is 5.64. The van der Waals surface area contributed by atoms with Crippen LogP contribution in [0.4, 0.5) is 11.4 Å². The number of hydrogen-bond donors (Lipinski definition) is 1. The molecule has 1 heterocycles. The highest BCUT2D eigenvalue weighted by Gasteiger charge is 2.35. The van der Waals surface area contributed by atoms with E-state index < -0.39 is 11.6 Å². The van der Waals surface area contributed by atoms with Gasteiger partial charge in [-0.05, 0) is 65.7 Å². The van der Waals surface area contributed by atoms with Crippen molar-refractivity contribution in [3.05, 3.63) is 23.8 Å². The van der Waals surface area contributed by atoms with Crippen molar-refractivity contribution in [2.24, 2.45) is 0 Å². The van der Waals surface area contributed by atoms with Crippen LogP contribution in [0.2, 0.25) is 0 Å². The van der Waals surface area contributed by atoms with Crippen LogP contribution in [0.15, 0.2) is 18.2 Å². The molecule has 7 heteroatoms. The highest BCUT2D eigenvalue weighted by molar-refractivity contribution is 6.12. The molecule has 2 aliphatic rings. The van der Waals surface area contributed by atoms with Gasteiger partial charge in [0.1, 0.15) is 12.1 Å². The minimum Gasteiger partial charge on any atom is -0.456 e. The Morgan fingerprint density at radius 2 is 1.81 bits per heavy atom. The molecule has 1 aromatic rings. The number of nitrogens with zero attached hydrogens (tertiary/aromatic N) is 2. The SMILES string of the molecule is CC(C)N1C(=O)CN(C(=O)CNC2CCCCC2)c2cc(C(=O)OC(C)(C)C)ccc21. The lowest BCUT2D eigenvalue weighted by Gasteiger charge is -2.38. The minimum absolute atomic E-state index is 0.0336. The summed E-state index contributed by atoms with van der Waals surface area (Å²) in [6, 6.07) is 5.35. The predicted molar refractivity (Wildman–Crippen MR) is 121 cm³/mol. The van der Waals surface area contributed by atoms with Crippen molar-refractivity contribution >= 4 is 29.2 Å². The van der Waals surface area contributed by atoms with Crippen molar-refractivity contribution in [2.75, 3.05) is 22.9 Å². The number of amides is 2. The summed E-state index contributed by atoms with van der Waals surface area (Å²) in [5.74, 6) is -0.737. The van der Waals surface area contributed by atoms with E-state index in [4.69, 9.17) is 4.74 Å². The summed E-state index contributed by atoms with van der Waals surface area (Å²) in [7, 11) is 0. The number of benzene rings is 1. The average molecular weight is 430 g/mol. The second-order valence-electron chi connectivity index (χ2n) is 9.76. The molecule has 1 fully saturated rings. The Hall–Kier alpha value is -2.41. The Bertz CT molecular complexity index is 838. The van der Waals surface area contributed by atoms with E-state index in [1.165, 1.54) is 24.2 Å². The summed E-state index contributed by atoms with van der Waals surface area (Å²) in [4.78, 5) is 41.8. The van der Waals surface area contributed by atoms with Crippen molar-refractivity contribution in [2.45, 2.75) is 84.4 Å². The molecule has 0 spiro atoms. The first kappa shape index (κ1) is 23.3. The van der Waals surface area contributed by atoms with Gasteiger partial charge in [-0.25, -0.2) is 4.79 Å². The van der Waals surface area contributed by atoms with Gasteiger partial charge in [0.25, 0.3) is 0 Å². The van der Waals surface area contributed by atoms with Gasteiger partial charge in [0, 0.05) is 12.1 Å². The van der Waals surface area contributed by atoms with E-state index in [1.807, 2.05) is 34.6 Å². The number of esters is 1. The molecule has 1 aromatic carbocycles. The molecule has 1 N–H and O–H groups in total. The Kier molecular flexibility index (Phi) is 7.04. The van der Waals surface area contributed by atoms with Crippen LogP contribution in [0, 0.1) is 0 Å². The van der Waals surface area contributed by atoms with E-state index in [-0.39, 0.29) is 30.9 Å². The zero-order valence-corrected chi connectivity index (χ0v) is 19.4. The normalized spacial score (nSPS) is 17.7. The number of fused-ring (bicyclic) bond motifs is 1. The fraction of sp³-hybridized carbons (Fsp3) is 0.625. The Balaban J connectivity index is 1.87. The molecule has 0 atom stereocenters. The van der Waals surface area contributed by atoms with E-state index in [0.29, 0.717) is 23.0 Å². The van der Waals surface area contributed by atoms with Gasteiger partial charge in [-0.2, -0.15) is 0 Å². The molecule has 0 unspecified atom stereocenters. The molecule has 31 heavy (non-hydrogen) atoms. The van der Waals surface area contributed by atoms with Crippen molar-refractivity contribution in [1.29, 1.82) is 0 Å². The maximum absolute atomic E-state index is 13.1. The Morgan fingerprint density at radius 3 is 2.42 bits per heavy atom. The second-order valence-corrected chi connectivity index (χ2v) is 9.76. The maximum Gasteiger partial charge on any atom is 0.338 e. The highest BCUT2D eigenvalue weighted by atomic mass is 16.6. The van der Waals surface area contributed by atoms with Crippen LogP contribution < -0.4 is 15.1 Å². The molecule has 1 aliphatic carbocycles. The van der Waals surface area contributed by atoms with Crippen LogP contribution in [0.1, 0.15) is 77.1 Å². The smallest absolute Gasteiger partial charge is 0.338 e. The number of ether oxygens (including phenoxy) is 1. The fourth-order valence-electron chi connectivity index (χ4n) is 4.26. The van der Waals surface area contributed by atoms with E-state index >= 15 is 0 Å². The maximum atomic E-state index is 13.1. The second kappa shape index (κ2) is 9.39.